The van der Waals surface area contributed by atoms with Crippen LogP contribution < -0.4 is 0 Å². The summed E-state index contributed by atoms with van der Waals surface area (Å²) >= 11 is 0. The average Bonchev–Trinajstić information content (AvgIpc) is 1.85. The second kappa shape index (κ2) is 2.93. The molecule has 0 aromatic heterocycles. The van der Waals surface area contributed by atoms with E-state index in [2.05, 4.69) is 0 Å². The molecule has 0 amide bonds. The molecule has 0 radical (unpaired) electrons. The number of aryl methyl sites for hydroxylation is 1. The van der Waals surface area contributed by atoms with E-state index < -0.39 is 6.10 Å². The molecule has 1 aromatic carbocycles. The number of rotatable bonds is 1. The highest BCUT2D eigenvalue weighted by atomic mass is 16.3. The number of hydrogen-bond acceptors (Lipinski definition) is 2. The van der Waals surface area contributed by atoms with Gasteiger partial charge in [0, 0.05) is 0 Å². The van der Waals surface area contributed by atoms with Gasteiger partial charge in [-0.3, -0.25) is 0 Å². The zero-order valence-electron chi connectivity index (χ0n) is 6.70. The maximum atomic E-state index is 9.16. The maximum absolute atomic E-state index is 9.16. The van der Waals surface area contributed by atoms with Gasteiger partial charge < -0.3 is 10.2 Å². The first-order valence-corrected chi connectivity index (χ1v) is 3.58. The van der Waals surface area contributed by atoms with E-state index >= 15 is 0 Å². The van der Waals surface area contributed by atoms with Crippen LogP contribution in [0.1, 0.15) is 24.2 Å². The van der Waals surface area contributed by atoms with Crippen LogP contribution in [-0.4, -0.2) is 10.2 Å². The maximum Gasteiger partial charge on any atom is 0.116 e. The van der Waals surface area contributed by atoms with Crippen LogP contribution in [0, 0.1) is 6.92 Å². The van der Waals surface area contributed by atoms with E-state index in [0.717, 1.165) is 11.1 Å². The van der Waals surface area contributed by atoms with Crippen molar-refractivity contribution in [2.75, 3.05) is 0 Å². The van der Waals surface area contributed by atoms with Crippen LogP contribution in [0.4, 0.5) is 0 Å². The van der Waals surface area contributed by atoms with Crippen molar-refractivity contribution in [2.45, 2.75) is 20.0 Å². The van der Waals surface area contributed by atoms with E-state index in [1.807, 2.05) is 13.0 Å². The van der Waals surface area contributed by atoms with Crippen LogP contribution in [-0.2, 0) is 0 Å². The minimum atomic E-state index is -0.513. The molecule has 2 nitrogen and oxygen atoms in total. The number of aliphatic hydroxyl groups excluding tert-OH is 1. The molecule has 1 aromatic rings. The smallest absolute Gasteiger partial charge is 0.116 e. The third kappa shape index (κ3) is 1.95. The Morgan fingerprint density at radius 2 is 1.91 bits per heavy atom. The largest absolute Gasteiger partial charge is 0.508 e. The molecule has 0 aliphatic rings. The van der Waals surface area contributed by atoms with Gasteiger partial charge in [-0.25, -0.2) is 0 Å². The molecule has 2 N–H and O–H groups in total. The van der Waals surface area contributed by atoms with Crippen molar-refractivity contribution in [2.24, 2.45) is 0 Å². The number of hydrogen-bond donors (Lipinski definition) is 2. The highest BCUT2D eigenvalue weighted by Crippen LogP contribution is 2.19. The van der Waals surface area contributed by atoms with Crippen molar-refractivity contribution in [1.29, 1.82) is 0 Å². The second-order valence-electron chi connectivity index (χ2n) is 2.78. The van der Waals surface area contributed by atoms with Crippen molar-refractivity contribution in [3.8, 4) is 5.75 Å². The molecular formula is C9H12O2. The quantitative estimate of drug-likeness (QED) is 0.643. The highest BCUT2D eigenvalue weighted by Gasteiger charge is 2.01. The molecule has 0 spiro atoms. The van der Waals surface area contributed by atoms with Gasteiger partial charge >= 0.3 is 0 Å². The second-order valence-corrected chi connectivity index (χ2v) is 2.78. The van der Waals surface area contributed by atoms with Crippen LogP contribution in [0.5, 0.6) is 5.75 Å². The summed E-state index contributed by atoms with van der Waals surface area (Å²) in [4.78, 5) is 0. The molecule has 1 rings (SSSR count). The Hall–Kier alpha value is -1.02. The van der Waals surface area contributed by atoms with Gasteiger partial charge in [0.25, 0.3) is 0 Å². The highest BCUT2D eigenvalue weighted by molar-refractivity contribution is 5.33. The lowest BCUT2D eigenvalue weighted by Gasteiger charge is -2.05. The first kappa shape index (κ1) is 8.08. The Kier molecular flexibility index (Phi) is 2.15. The average molecular weight is 152 g/mol. The predicted molar refractivity (Wildman–Crippen MR) is 43.5 cm³/mol. The van der Waals surface area contributed by atoms with Crippen LogP contribution in [0.3, 0.4) is 0 Å². The van der Waals surface area contributed by atoms with Crippen molar-refractivity contribution in [1.82, 2.24) is 0 Å². The molecular weight excluding hydrogens is 140 g/mol. The third-order valence-electron chi connectivity index (χ3n) is 1.57. The first-order valence-electron chi connectivity index (χ1n) is 3.58. The lowest BCUT2D eigenvalue weighted by atomic mass is 10.1. The van der Waals surface area contributed by atoms with Crippen LogP contribution in [0.2, 0.25) is 0 Å². The predicted octanol–water partition coefficient (Wildman–Crippen LogP) is 1.75. The number of phenols is 1. The zero-order valence-corrected chi connectivity index (χ0v) is 6.70. The van der Waals surface area contributed by atoms with E-state index in [4.69, 9.17) is 10.2 Å². The van der Waals surface area contributed by atoms with E-state index in [-0.39, 0.29) is 5.75 Å². The molecule has 11 heavy (non-hydrogen) atoms. The topological polar surface area (TPSA) is 40.5 Å². The van der Waals surface area contributed by atoms with Crippen molar-refractivity contribution >= 4 is 0 Å². The number of aliphatic hydroxyl groups is 1. The summed E-state index contributed by atoms with van der Waals surface area (Å²) in [6.07, 6.45) is -0.513. The van der Waals surface area contributed by atoms with Gasteiger partial charge in [0.15, 0.2) is 0 Å². The summed E-state index contributed by atoms with van der Waals surface area (Å²) in [5, 5.41) is 18.3. The molecule has 0 saturated heterocycles. The van der Waals surface area contributed by atoms with Gasteiger partial charge in [-0.1, -0.05) is 6.07 Å². The lowest BCUT2D eigenvalue weighted by molar-refractivity contribution is 0.199. The van der Waals surface area contributed by atoms with E-state index in [1.54, 1.807) is 19.1 Å². The van der Waals surface area contributed by atoms with Gasteiger partial charge in [-0.15, -0.1) is 0 Å². The summed E-state index contributed by atoms with van der Waals surface area (Å²) in [6, 6.07) is 5.08. The van der Waals surface area contributed by atoms with Crippen molar-refractivity contribution in [3.63, 3.8) is 0 Å². The van der Waals surface area contributed by atoms with Gasteiger partial charge in [0.2, 0.25) is 0 Å². The molecule has 0 aliphatic heterocycles. The summed E-state index contributed by atoms with van der Waals surface area (Å²) in [7, 11) is 0. The van der Waals surface area contributed by atoms with Gasteiger partial charge in [0.1, 0.15) is 5.75 Å². The molecule has 0 saturated carbocycles. The van der Waals surface area contributed by atoms with Crippen molar-refractivity contribution in [3.05, 3.63) is 29.3 Å². The molecule has 60 valence electrons. The normalized spacial score (nSPS) is 13.0. The summed E-state index contributed by atoms with van der Waals surface area (Å²) in [5.41, 5.74) is 1.71. The van der Waals surface area contributed by atoms with Crippen LogP contribution >= 0.6 is 0 Å². The molecule has 0 bridgehead atoms. The molecule has 0 fully saturated rings. The third-order valence-corrected chi connectivity index (χ3v) is 1.57. The minimum Gasteiger partial charge on any atom is -0.508 e. The van der Waals surface area contributed by atoms with E-state index in [0.29, 0.717) is 0 Å². The number of phenolic OH excluding ortho intramolecular Hbond substituents is 1. The van der Waals surface area contributed by atoms with Crippen LogP contribution in [0.25, 0.3) is 0 Å². The number of aromatic hydroxyl groups is 1. The van der Waals surface area contributed by atoms with E-state index in [9.17, 15) is 0 Å². The van der Waals surface area contributed by atoms with E-state index in [1.165, 1.54) is 0 Å². The standard InChI is InChI=1S/C9H12O2/c1-6-3-8(7(2)10)5-9(11)4-6/h3-5,7,10-11H,1-2H3. The molecule has 0 heterocycles. The van der Waals surface area contributed by atoms with Crippen molar-refractivity contribution < 1.29 is 10.2 Å². The Labute approximate surface area is 66.1 Å². The Morgan fingerprint density at radius 1 is 1.27 bits per heavy atom. The first-order chi connectivity index (χ1) is 5.09. The molecule has 2 heteroatoms. The summed E-state index contributed by atoms with van der Waals surface area (Å²) < 4.78 is 0. The fourth-order valence-corrected chi connectivity index (χ4v) is 1.03. The monoisotopic (exact) mass is 152 g/mol. The van der Waals surface area contributed by atoms with Gasteiger partial charge in [-0.05, 0) is 37.1 Å². The zero-order chi connectivity index (χ0) is 8.43. The Bertz CT molecular complexity index is 233. The SMILES string of the molecule is Cc1cc(O)cc(C(C)O)c1. The Balaban J connectivity index is 3.08. The summed E-state index contributed by atoms with van der Waals surface area (Å²) in [5.74, 6) is 0.209. The Morgan fingerprint density at radius 3 is 2.36 bits per heavy atom. The van der Waals surface area contributed by atoms with Gasteiger partial charge in [-0.2, -0.15) is 0 Å². The fraction of sp³-hybridized carbons (Fsp3) is 0.333. The minimum absolute atomic E-state index is 0.209. The number of benzene rings is 1. The summed E-state index contributed by atoms with van der Waals surface area (Å²) in [6.45, 7) is 3.56. The molecule has 1 atom stereocenters. The van der Waals surface area contributed by atoms with Crippen LogP contribution in [0.15, 0.2) is 18.2 Å². The molecule has 0 aliphatic carbocycles. The lowest BCUT2D eigenvalue weighted by Crippen LogP contribution is -1.90. The fourth-order valence-electron chi connectivity index (χ4n) is 1.03. The molecule has 1 unspecified atom stereocenters. The van der Waals surface area contributed by atoms with Gasteiger partial charge in [0.05, 0.1) is 6.10 Å².